The molecule has 0 saturated heterocycles. The van der Waals surface area contributed by atoms with E-state index in [1.165, 1.54) is 17.0 Å². The van der Waals surface area contributed by atoms with E-state index in [4.69, 9.17) is 10.5 Å². The maximum Gasteiger partial charge on any atom is 0.268 e. The smallest absolute Gasteiger partial charge is 0.268 e. The third-order valence-corrected chi connectivity index (χ3v) is 2.85. The van der Waals surface area contributed by atoms with Crippen LogP contribution in [0.25, 0.3) is 0 Å². The topological polar surface area (TPSA) is 55.6 Å². The van der Waals surface area contributed by atoms with E-state index in [-0.39, 0.29) is 17.5 Å². The van der Waals surface area contributed by atoms with E-state index >= 15 is 0 Å². The lowest BCUT2D eigenvalue weighted by atomic mass is 10.0. The molecule has 1 amide bonds. The van der Waals surface area contributed by atoms with Crippen LogP contribution in [-0.2, 0) is 4.79 Å². The molecular formula is C12H15FN2O2. The number of carbonyl (C=O) groups excluding carboxylic acids is 1. The van der Waals surface area contributed by atoms with Gasteiger partial charge in [-0.25, -0.2) is 4.39 Å². The van der Waals surface area contributed by atoms with Crippen LogP contribution in [0.3, 0.4) is 0 Å². The van der Waals surface area contributed by atoms with E-state index in [1.807, 2.05) is 13.8 Å². The minimum absolute atomic E-state index is 0.0301. The summed E-state index contributed by atoms with van der Waals surface area (Å²) in [5.41, 5.74) is 6.30. The molecule has 0 aromatic heterocycles. The number of likely N-dealkylation sites (N-methyl/N-ethyl adjacent to an activating group) is 1. The van der Waals surface area contributed by atoms with Gasteiger partial charge >= 0.3 is 0 Å². The Morgan fingerprint density at radius 3 is 2.71 bits per heavy atom. The van der Waals surface area contributed by atoms with E-state index in [0.717, 1.165) is 0 Å². The van der Waals surface area contributed by atoms with Gasteiger partial charge in [0.2, 0.25) is 0 Å². The van der Waals surface area contributed by atoms with E-state index in [9.17, 15) is 9.18 Å². The molecule has 17 heavy (non-hydrogen) atoms. The van der Waals surface area contributed by atoms with Gasteiger partial charge in [-0.15, -0.1) is 0 Å². The summed E-state index contributed by atoms with van der Waals surface area (Å²) in [7, 11) is 1.60. The summed E-state index contributed by atoms with van der Waals surface area (Å²) in [6.07, 6.45) is -0.569. The minimum Gasteiger partial charge on any atom is -0.476 e. The molecule has 2 rings (SSSR count). The number of ether oxygens (including phenoxy) is 1. The number of hydrogen-bond acceptors (Lipinski definition) is 3. The Morgan fingerprint density at radius 1 is 1.47 bits per heavy atom. The molecule has 0 bridgehead atoms. The summed E-state index contributed by atoms with van der Waals surface area (Å²) in [5.74, 6) is -0.250. The van der Waals surface area contributed by atoms with Gasteiger partial charge in [0.25, 0.3) is 5.91 Å². The number of benzene rings is 1. The Labute approximate surface area is 99.2 Å². The van der Waals surface area contributed by atoms with Crippen molar-refractivity contribution in [3.63, 3.8) is 0 Å². The average molecular weight is 238 g/mol. The molecule has 92 valence electrons. The van der Waals surface area contributed by atoms with Crippen molar-refractivity contribution in [2.24, 2.45) is 5.92 Å². The van der Waals surface area contributed by atoms with Crippen LogP contribution in [0.1, 0.15) is 13.8 Å². The van der Waals surface area contributed by atoms with Crippen molar-refractivity contribution < 1.29 is 13.9 Å². The summed E-state index contributed by atoms with van der Waals surface area (Å²) in [6, 6.07) is 2.44. The van der Waals surface area contributed by atoms with Crippen LogP contribution in [0, 0.1) is 11.7 Å². The Balaban J connectivity index is 2.53. The van der Waals surface area contributed by atoms with Gasteiger partial charge in [0.15, 0.2) is 11.9 Å². The summed E-state index contributed by atoms with van der Waals surface area (Å²) >= 11 is 0. The fraction of sp³-hybridized carbons (Fsp3) is 0.417. The molecule has 0 saturated carbocycles. The normalized spacial score (nSPS) is 19.2. The van der Waals surface area contributed by atoms with E-state index in [2.05, 4.69) is 0 Å². The van der Waals surface area contributed by atoms with Gasteiger partial charge in [-0.2, -0.15) is 0 Å². The van der Waals surface area contributed by atoms with Crippen LogP contribution in [0.5, 0.6) is 5.75 Å². The largest absolute Gasteiger partial charge is 0.476 e. The first kappa shape index (κ1) is 11.7. The summed E-state index contributed by atoms with van der Waals surface area (Å²) in [6.45, 7) is 3.78. The Bertz CT molecular complexity index is 474. The lowest BCUT2D eigenvalue weighted by molar-refractivity contribution is -0.127. The maximum absolute atomic E-state index is 13.2. The van der Waals surface area contributed by atoms with Crippen LogP contribution >= 0.6 is 0 Å². The van der Waals surface area contributed by atoms with Gasteiger partial charge in [-0.05, 0) is 5.92 Å². The average Bonchev–Trinajstić information content (AvgIpc) is 2.23. The van der Waals surface area contributed by atoms with Crippen molar-refractivity contribution in [1.82, 2.24) is 0 Å². The number of anilines is 2. The predicted octanol–water partition coefficient (Wildman–Crippen LogP) is 1.79. The molecule has 1 atom stereocenters. The first-order valence-electron chi connectivity index (χ1n) is 5.45. The standard InChI is InChI=1S/C12H15FN2O2/c1-6(2)10-12(16)15(3)9-5-7(13)4-8(14)11(9)17-10/h4-6,10H,14H2,1-3H3. The van der Waals surface area contributed by atoms with Crippen molar-refractivity contribution >= 4 is 17.3 Å². The zero-order valence-corrected chi connectivity index (χ0v) is 10.0. The number of halogens is 1. The Hall–Kier alpha value is -1.78. The molecule has 0 aliphatic carbocycles. The van der Waals surface area contributed by atoms with Gasteiger partial charge in [0.05, 0.1) is 11.4 Å². The molecule has 5 heteroatoms. The minimum atomic E-state index is -0.569. The molecule has 1 aliphatic rings. The lowest BCUT2D eigenvalue weighted by Crippen LogP contribution is -2.46. The number of hydrogen-bond donors (Lipinski definition) is 1. The number of carbonyl (C=O) groups is 1. The number of fused-ring (bicyclic) bond motifs is 1. The highest BCUT2D eigenvalue weighted by Gasteiger charge is 2.35. The van der Waals surface area contributed by atoms with Crippen LogP contribution in [-0.4, -0.2) is 19.1 Å². The van der Waals surface area contributed by atoms with Crippen molar-refractivity contribution in [3.8, 4) is 5.75 Å². The van der Waals surface area contributed by atoms with Crippen LogP contribution in [0.15, 0.2) is 12.1 Å². The van der Waals surface area contributed by atoms with Crippen molar-refractivity contribution in [2.45, 2.75) is 20.0 Å². The molecule has 1 unspecified atom stereocenters. The predicted molar refractivity (Wildman–Crippen MR) is 63.5 cm³/mol. The first-order chi connectivity index (χ1) is 7.91. The highest BCUT2D eigenvalue weighted by Crippen LogP contribution is 2.40. The number of rotatable bonds is 1. The number of nitrogen functional groups attached to an aromatic ring is 1. The van der Waals surface area contributed by atoms with Crippen molar-refractivity contribution in [3.05, 3.63) is 17.9 Å². The third kappa shape index (κ3) is 1.81. The second kappa shape index (κ2) is 3.91. The third-order valence-electron chi connectivity index (χ3n) is 2.85. The summed E-state index contributed by atoms with van der Waals surface area (Å²) in [4.78, 5) is 13.4. The maximum atomic E-state index is 13.2. The highest BCUT2D eigenvalue weighted by molar-refractivity contribution is 6.00. The van der Waals surface area contributed by atoms with Gasteiger partial charge in [-0.1, -0.05) is 13.8 Å². The fourth-order valence-corrected chi connectivity index (χ4v) is 1.89. The van der Waals surface area contributed by atoms with E-state index < -0.39 is 11.9 Å². The quantitative estimate of drug-likeness (QED) is 0.759. The number of nitrogens with two attached hydrogens (primary N) is 1. The van der Waals surface area contributed by atoms with Crippen LogP contribution in [0.2, 0.25) is 0 Å². The van der Waals surface area contributed by atoms with Gasteiger partial charge < -0.3 is 15.4 Å². The second-order valence-electron chi connectivity index (χ2n) is 4.52. The molecule has 4 nitrogen and oxygen atoms in total. The van der Waals surface area contributed by atoms with Gasteiger partial charge in [0, 0.05) is 19.2 Å². The highest BCUT2D eigenvalue weighted by atomic mass is 19.1. The molecule has 0 fully saturated rings. The fourth-order valence-electron chi connectivity index (χ4n) is 1.89. The van der Waals surface area contributed by atoms with Gasteiger partial charge in [0.1, 0.15) is 5.82 Å². The van der Waals surface area contributed by atoms with Crippen molar-refractivity contribution in [2.75, 3.05) is 17.7 Å². The number of nitrogens with zero attached hydrogens (tertiary/aromatic N) is 1. The molecule has 0 spiro atoms. The lowest BCUT2D eigenvalue weighted by Gasteiger charge is -2.34. The van der Waals surface area contributed by atoms with E-state index in [0.29, 0.717) is 11.4 Å². The molecule has 0 radical (unpaired) electrons. The molecule has 1 aliphatic heterocycles. The zero-order valence-electron chi connectivity index (χ0n) is 10.0. The van der Waals surface area contributed by atoms with Crippen LogP contribution < -0.4 is 15.4 Å². The summed E-state index contributed by atoms with van der Waals surface area (Å²) < 4.78 is 18.8. The summed E-state index contributed by atoms with van der Waals surface area (Å²) in [5, 5.41) is 0. The monoisotopic (exact) mass is 238 g/mol. The molecule has 1 heterocycles. The first-order valence-corrected chi connectivity index (χ1v) is 5.45. The molecular weight excluding hydrogens is 223 g/mol. The Morgan fingerprint density at radius 2 is 2.12 bits per heavy atom. The van der Waals surface area contributed by atoms with Gasteiger partial charge in [-0.3, -0.25) is 4.79 Å². The van der Waals surface area contributed by atoms with Crippen LogP contribution in [0.4, 0.5) is 15.8 Å². The molecule has 1 aromatic carbocycles. The van der Waals surface area contributed by atoms with E-state index in [1.54, 1.807) is 7.05 Å². The Kier molecular flexibility index (Phi) is 2.69. The van der Waals surface area contributed by atoms with Crippen molar-refractivity contribution in [1.29, 1.82) is 0 Å². The zero-order chi connectivity index (χ0) is 12.7. The SMILES string of the molecule is CC(C)C1Oc2c(N)cc(F)cc2N(C)C1=O. The molecule has 1 aromatic rings. The number of amides is 1. The second-order valence-corrected chi connectivity index (χ2v) is 4.52. The molecule has 2 N–H and O–H groups in total.